The number of phenolic OH excluding ortho intramolecular Hbond substituents is 1. The maximum atomic E-state index is 9.83. The van der Waals surface area contributed by atoms with Crippen molar-refractivity contribution >= 4 is 0 Å². The second kappa shape index (κ2) is 5.23. The summed E-state index contributed by atoms with van der Waals surface area (Å²) in [7, 11) is 0. The fourth-order valence-corrected chi connectivity index (χ4v) is 3.69. The minimum Gasteiger partial charge on any atom is -0.508 e. The van der Waals surface area contributed by atoms with Crippen molar-refractivity contribution in [2.75, 3.05) is 0 Å². The van der Waals surface area contributed by atoms with Crippen molar-refractivity contribution in [1.82, 2.24) is 5.32 Å². The Bertz CT molecular complexity index is 496. The highest BCUT2D eigenvalue weighted by Gasteiger charge is 2.41. The van der Waals surface area contributed by atoms with E-state index >= 15 is 0 Å². The summed E-state index contributed by atoms with van der Waals surface area (Å²) in [5, 5.41) is 23.0. The van der Waals surface area contributed by atoms with E-state index in [-0.39, 0.29) is 17.7 Å². The smallest absolute Gasteiger partial charge is 0.115 e. The first-order valence-electron chi connectivity index (χ1n) is 7.50. The molecule has 3 N–H and O–H groups in total. The second-order valence-electron chi connectivity index (χ2n) is 6.37. The van der Waals surface area contributed by atoms with Gasteiger partial charge in [0.05, 0.1) is 12.1 Å². The van der Waals surface area contributed by atoms with Crippen LogP contribution < -0.4 is 5.32 Å². The van der Waals surface area contributed by atoms with Crippen molar-refractivity contribution < 1.29 is 10.2 Å². The molecule has 0 radical (unpaired) electrons. The Balaban J connectivity index is 1.79. The topological polar surface area (TPSA) is 52.5 Å². The van der Waals surface area contributed by atoms with Crippen LogP contribution in [0.3, 0.4) is 0 Å². The summed E-state index contributed by atoms with van der Waals surface area (Å²) < 4.78 is 0. The minimum absolute atomic E-state index is 0.108. The van der Waals surface area contributed by atoms with Gasteiger partial charge in [-0.05, 0) is 56.2 Å². The molecule has 0 aromatic heterocycles. The van der Waals surface area contributed by atoms with Gasteiger partial charge in [0, 0.05) is 5.54 Å². The van der Waals surface area contributed by atoms with Crippen molar-refractivity contribution in [1.29, 1.82) is 0 Å². The standard InChI is InChI=1S/C17H23NO2/c1-12-11-17(9-2-3-14(19)8-10-17)18-16(12)13-4-6-15(20)7-5-13/h4-7,14,16,18-20H,1-3,8-11H2. The van der Waals surface area contributed by atoms with Gasteiger partial charge in [0.25, 0.3) is 0 Å². The first kappa shape index (κ1) is 13.7. The molecule has 3 heteroatoms. The zero-order valence-electron chi connectivity index (χ0n) is 11.8. The molecule has 1 saturated carbocycles. The predicted molar refractivity (Wildman–Crippen MR) is 79.6 cm³/mol. The molecule has 2 aliphatic rings. The summed E-state index contributed by atoms with van der Waals surface area (Å²) in [6, 6.07) is 7.55. The van der Waals surface area contributed by atoms with Crippen molar-refractivity contribution in [3.63, 3.8) is 0 Å². The van der Waals surface area contributed by atoms with Gasteiger partial charge in [-0.3, -0.25) is 0 Å². The Morgan fingerprint density at radius 1 is 1.15 bits per heavy atom. The Morgan fingerprint density at radius 2 is 1.90 bits per heavy atom. The highest BCUT2D eigenvalue weighted by molar-refractivity contribution is 5.35. The maximum absolute atomic E-state index is 9.83. The molecule has 1 aliphatic carbocycles. The average molecular weight is 273 g/mol. The monoisotopic (exact) mass is 273 g/mol. The number of hydrogen-bond donors (Lipinski definition) is 3. The van der Waals surface area contributed by atoms with Crippen molar-refractivity contribution in [3.8, 4) is 5.75 Å². The number of hydrogen-bond acceptors (Lipinski definition) is 3. The third-order valence-electron chi connectivity index (χ3n) is 4.80. The van der Waals surface area contributed by atoms with Crippen molar-refractivity contribution in [2.45, 2.75) is 56.2 Å². The molecule has 20 heavy (non-hydrogen) atoms. The Kier molecular flexibility index (Phi) is 3.57. The zero-order chi connectivity index (χ0) is 14.2. The average Bonchev–Trinajstić information content (AvgIpc) is 2.64. The zero-order valence-corrected chi connectivity index (χ0v) is 11.8. The van der Waals surface area contributed by atoms with Gasteiger partial charge in [0.2, 0.25) is 0 Å². The van der Waals surface area contributed by atoms with E-state index in [0.29, 0.717) is 5.75 Å². The van der Waals surface area contributed by atoms with Gasteiger partial charge in [-0.25, -0.2) is 0 Å². The normalized spacial score (nSPS) is 34.4. The van der Waals surface area contributed by atoms with E-state index in [1.54, 1.807) is 12.1 Å². The fraction of sp³-hybridized carbons (Fsp3) is 0.529. The van der Waals surface area contributed by atoms with E-state index in [4.69, 9.17) is 0 Å². The number of aromatic hydroxyl groups is 1. The lowest BCUT2D eigenvalue weighted by Crippen LogP contribution is -2.40. The lowest BCUT2D eigenvalue weighted by atomic mass is 9.87. The highest BCUT2D eigenvalue weighted by Crippen LogP contribution is 2.43. The number of benzene rings is 1. The lowest BCUT2D eigenvalue weighted by Gasteiger charge is -2.29. The van der Waals surface area contributed by atoms with E-state index in [1.165, 1.54) is 5.57 Å². The Hall–Kier alpha value is -1.32. The molecule has 108 valence electrons. The van der Waals surface area contributed by atoms with Crippen LogP contribution in [0.25, 0.3) is 0 Å². The third kappa shape index (κ3) is 2.60. The predicted octanol–water partition coefficient (Wildman–Crippen LogP) is 3.05. The number of rotatable bonds is 1. The first-order valence-corrected chi connectivity index (χ1v) is 7.50. The highest BCUT2D eigenvalue weighted by atomic mass is 16.3. The van der Waals surface area contributed by atoms with Crippen molar-refractivity contribution in [3.05, 3.63) is 42.0 Å². The molecule has 3 atom stereocenters. The second-order valence-corrected chi connectivity index (χ2v) is 6.37. The molecule has 1 saturated heterocycles. The van der Waals surface area contributed by atoms with E-state index in [0.717, 1.165) is 44.1 Å². The Labute approximate surface area is 120 Å². The molecular weight excluding hydrogens is 250 g/mol. The molecule has 1 aromatic carbocycles. The minimum atomic E-state index is -0.142. The van der Waals surface area contributed by atoms with Crippen LogP contribution in [-0.2, 0) is 0 Å². The van der Waals surface area contributed by atoms with Gasteiger partial charge in [-0.2, -0.15) is 0 Å². The Morgan fingerprint density at radius 3 is 2.65 bits per heavy atom. The number of aliphatic hydroxyl groups is 1. The first-order chi connectivity index (χ1) is 9.58. The molecule has 1 spiro atoms. The SMILES string of the molecule is C=C1CC2(CCCC(O)CC2)NC1c1ccc(O)cc1. The quantitative estimate of drug-likeness (QED) is 0.689. The van der Waals surface area contributed by atoms with Crippen LogP contribution in [0, 0.1) is 0 Å². The largest absolute Gasteiger partial charge is 0.508 e. The molecule has 1 aliphatic heterocycles. The number of nitrogens with one attached hydrogen (secondary N) is 1. The van der Waals surface area contributed by atoms with E-state index in [2.05, 4.69) is 11.9 Å². The van der Waals surface area contributed by atoms with Crippen LogP contribution in [0.5, 0.6) is 5.75 Å². The van der Waals surface area contributed by atoms with Crippen LogP contribution in [-0.4, -0.2) is 21.9 Å². The van der Waals surface area contributed by atoms with Crippen LogP contribution in [0.2, 0.25) is 0 Å². The molecule has 0 bridgehead atoms. The maximum Gasteiger partial charge on any atom is 0.115 e. The van der Waals surface area contributed by atoms with Gasteiger partial charge in [0.15, 0.2) is 0 Å². The molecule has 2 fully saturated rings. The van der Waals surface area contributed by atoms with Crippen LogP contribution in [0.4, 0.5) is 0 Å². The number of phenols is 1. The summed E-state index contributed by atoms with van der Waals surface area (Å²) in [5.74, 6) is 0.296. The van der Waals surface area contributed by atoms with E-state index in [9.17, 15) is 10.2 Å². The molecular formula is C17H23NO2. The molecule has 3 rings (SSSR count). The van der Waals surface area contributed by atoms with Gasteiger partial charge in [-0.1, -0.05) is 24.3 Å². The molecule has 0 amide bonds. The summed E-state index contributed by atoms with van der Waals surface area (Å²) in [5.41, 5.74) is 2.48. The summed E-state index contributed by atoms with van der Waals surface area (Å²) in [4.78, 5) is 0. The lowest BCUT2D eigenvalue weighted by molar-refractivity contribution is 0.153. The van der Waals surface area contributed by atoms with Gasteiger partial charge in [0.1, 0.15) is 5.75 Å². The molecule has 3 unspecified atom stereocenters. The fourth-order valence-electron chi connectivity index (χ4n) is 3.69. The van der Waals surface area contributed by atoms with Gasteiger partial charge >= 0.3 is 0 Å². The van der Waals surface area contributed by atoms with Crippen LogP contribution >= 0.6 is 0 Å². The van der Waals surface area contributed by atoms with Gasteiger partial charge in [-0.15, -0.1) is 0 Å². The number of aliphatic hydroxyl groups excluding tert-OH is 1. The third-order valence-corrected chi connectivity index (χ3v) is 4.80. The molecule has 3 nitrogen and oxygen atoms in total. The summed E-state index contributed by atoms with van der Waals surface area (Å²) in [6.45, 7) is 4.25. The summed E-state index contributed by atoms with van der Waals surface area (Å²) in [6.07, 6.45) is 5.84. The van der Waals surface area contributed by atoms with Gasteiger partial charge < -0.3 is 15.5 Å². The van der Waals surface area contributed by atoms with Crippen molar-refractivity contribution in [2.24, 2.45) is 0 Å². The van der Waals surface area contributed by atoms with Crippen LogP contribution in [0.15, 0.2) is 36.4 Å². The van der Waals surface area contributed by atoms with Crippen LogP contribution in [0.1, 0.15) is 50.1 Å². The van der Waals surface area contributed by atoms with E-state index < -0.39 is 0 Å². The molecule has 1 heterocycles. The molecule has 1 aromatic rings. The van der Waals surface area contributed by atoms with E-state index in [1.807, 2.05) is 12.1 Å². The summed E-state index contributed by atoms with van der Waals surface area (Å²) >= 11 is 0.